The van der Waals surface area contributed by atoms with Crippen LogP contribution in [0.4, 0.5) is 10.7 Å². The van der Waals surface area contributed by atoms with Gasteiger partial charge in [-0.15, -0.1) is 11.3 Å². The van der Waals surface area contributed by atoms with E-state index in [-0.39, 0.29) is 17.4 Å². The average Bonchev–Trinajstić information content (AvgIpc) is 3.17. The Morgan fingerprint density at radius 1 is 1.17 bits per heavy atom. The van der Waals surface area contributed by atoms with Gasteiger partial charge in [-0.3, -0.25) is 4.79 Å². The maximum absolute atomic E-state index is 13.5. The van der Waals surface area contributed by atoms with Crippen molar-refractivity contribution in [2.45, 2.75) is 60.0 Å². The van der Waals surface area contributed by atoms with Crippen molar-refractivity contribution in [3.05, 3.63) is 75.1 Å². The number of para-hydroxylation sites is 1. The van der Waals surface area contributed by atoms with Gasteiger partial charge >= 0.3 is 0 Å². The minimum Gasteiger partial charge on any atom is -0.490 e. The normalized spacial score (nSPS) is 15.9. The van der Waals surface area contributed by atoms with Crippen LogP contribution in [-0.2, 0) is 12.8 Å². The molecule has 0 saturated carbocycles. The van der Waals surface area contributed by atoms with Gasteiger partial charge in [0.2, 0.25) is 0 Å². The van der Waals surface area contributed by atoms with E-state index in [2.05, 4.69) is 26.1 Å². The number of hydrogen-bond acceptors (Lipinski definition) is 4. The van der Waals surface area contributed by atoms with Crippen LogP contribution in [0.25, 0.3) is 0 Å². The Balaban J connectivity index is 1.71. The van der Waals surface area contributed by atoms with Gasteiger partial charge in [0.05, 0.1) is 11.7 Å². The van der Waals surface area contributed by atoms with Crippen molar-refractivity contribution >= 4 is 45.7 Å². The summed E-state index contributed by atoms with van der Waals surface area (Å²) in [4.78, 5) is 19.6. The van der Waals surface area contributed by atoms with Gasteiger partial charge in [-0.2, -0.15) is 0 Å². The zero-order chi connectivity index (χ0) is 25.2. The van der Waals surface area contributed by atoms with E-state index in [9.17, 15) is 4.79 Å². The third-order valence-electron chi connectivity index (χ3n) is 6.40. The molecule has 1 N–H and O–H groups in total. The van der Waals surface area contributed by atoms with Crippen molar-refractivity contribution in [3.63, 3.8) is 0 Å². The van der Waals surface area contributed by atoms with E-state index in [0.29, 0.717) is 22.2 Å². The predicted molar refractivity (Wildman–Crippen MR) is 148 cm³/mol. The molecule has 1 atom stereocenters. The first-order valence-electron chi connectivity index (χ1n) is 12.1. The van der Waals surface area contributed by atoms with Gasteiger partial charge < -0.3 is 10.1 Å². The first-order chi connectivity index (χ1) is 16.6. The highest BCUT2D eigenvalue weighted by Gasteiger charge is 2.33. The number of rotatable bonds is 6. The highest BCUT2D eigenvalue weighted by Crippen LogP contribution is 2.45. The molecule has 184 valence electrons. The maximum atomic E-state index is 13.5. The second kappa shape index (κ2) is 10.5. The lowest BCUT2D eigenvalue weighted by Crippen LogP contribution is -2.27. The Labute approximate surface area is 217 Å². The van der Waals surface area contributed by atoms with Gasteiger partial charge in [-0.05, 0) is 86.4 Å². The number of halogens is 1. The van der Waals surface area contributed by atoms with E-state index < -0.39 is 0 Å². The molecule has 1 aliphatic rings. The van der Waals surface area contributed by atoms with E-state index in [0.717, 1.165) is 41.1 Å². The summed E-state index contributed by atoms with van der Waals surface area (Å²) in [6.45, 7) is 10.9. The SMILES string of the molecule is CC(C)Oc1ccccc1C=Nc1sc2c(c1C(=O)Nc1ccc(Cl)cc1)CC[C@H](C(C)(C)C)C2. The molecule has 1 amide bonds. The number of hydrogen-bond donors (Lipinski definition) is 1. The molecule has 3 aromatic rings. The van der Waals surface area contributed by atoms with Crippen molar-refractivity contribution in [1.29, 1.82) is 0 Å². The van der Waals surface area contributed by atoms with Crippen LogP contribution in [0, 0.1) is 11.3 Å². The molecule has 1 aromatic heterocycles. The number of carbonyl (C=O) groups excluding carboxylic acids is 1. The van der Waals surface area contributed by atoms with Crippen LogP contribution in [0.3, 0.4) is 0 Å². The van der Waals surface area contributed by atoms with Gasteiger partial charge in [0.15, 0.2) is 0 Å². The van der Waals surface area contributed by atoms with E-state index in [1.807, 2.05) is 56.5 Å². The molecule has 0 bridgehead atoms. The average molecular weight is 509 g/mol. The van der Waals surface area contributed by atoms with Crippen LogP contribution >= 0.6 is 22.9 Å². The first-order valence-corrected chi connectivity index (χ1v) is 13.3. The van der Waals surface area contributed by atoms with Crippen molar-refractivity contribution in [1.82, 2.24) is 0 Å². The molecule has 1 aliphatic carbocycles. The van der Waals surface area contributed by atoms with Gasteiger partial charge in [-0.1, -0.05) is 44.5 Å². The molecule has 0 radical (unpaired) electrons. The maximum Gasteiger partial charge on any atom is 0.259 e. The Hall–Kier alpha value is -2.63. The van der Waals surface area contributed by atoms with Gasteiger partial charge in [0.1, 0.15) is 10.8 Å². The Morgan fingerprint density at radius 2 is 1.89 bits per heavy atom. The van der Waals surface area contributed by atoms with Gasteiger partial charge in [-0.25, -0.2) is 4.99 Å². The number of carbonyl (C=O) groups is 1. The van der Waals surface area contributed by atoms with Crippen molar-refractivity contribution in [2.75, 3.05) is 5.32 Å². The minimum atomic E-state index is -0.127. The summed E-state index contributed by atoms with van der Waals surface area (Å²) in [5.74, 6) is 1.24. The smallest absolute Gasteiger partial charge is 0.259 e. The molecular formula is C29H33ClN2O2S. The molecule has 0 spiro atoms. The fourth-order valence-electron chi connectivity index (χ4n) is 4.44. The molecule has 2 aromatic carbocycles. The largest absolute Gasteiger partial charge is 0.490 e. The number of nitrogens with one attached hydrogen (secondary N) is 1. The van der Waals surface area contributed by atoms with Crippen LogP contribution in [0.5, 0.6) is 5.75 Å². The van der Waals surface area contributed by atoms with Gasteiger partial charge in [0.25, 0.3) is 5.91 Å². The second-order valence-electron chi connectivity index (χ2n) is 10.4. The van der Waals surface area contributed by atoms with Crippen LogP contribution in [0.15, 0.2) is 53.5 Å². The fourth-order valence-corrected chi connectivity index (χ4v) is 5.83. The number of fused-ring (bicyclic) bond motifs is 1. The van der Waals surface area contributed by atoms with Crippen LogP contribution in [0.2, 0.25) is 5.02 Å². The lowest BCUT2D eigenvalue weighted by Gasteiger charge is -2.33. The van der Waals surface area contributed by atoms with Crippen molar-refractivity contribution in [3.8, 4) is 5.75 Å². The zero-order valence-electron chi connectivity index (χ0n) is 21.0. The third kappa shape index (κ3) is 6.14. The Bertz CT molecular complexity index is 1220. The lowest BCUT2D eigenvalue weighted by atomic mass is 9.72. The molecule has 0 unspecified atom stereocenters. The highest BCUT2D eigenvalue weighted by molar-refractivity contribution is 7.16. The number of thiophene rings is 1. The Kier molecular flexibility index (Phi) is 7.67. The molecule has 35 heavy (non-hydrogen) atoms. The standard InChI is InChI=1S/C29H33ClN2O2S/c1-18(2)34-24-9-7-6-8-19(24)17-31-28-26(27(33)32-22-13-11-21(30)12-14-22)23-15-10-20(29(3,4)5)16-25(23)35-28/h6-9,11-14,17-18,20H,10,15-16H2,1-5H3,(H,32,33)/t20-/m0/s1. The number of amides is 1. The summed E-state index contributed by atoms with van der Waals surface area (Å²) in [5.41, 5.74) is 3.66. The van der Waals surface area contributed by atoms with Crippen LogP contribution < -0.4 is 10.1 Å². The number of nitrogens with zero attached hydrogens (tertiary/aromatic N) is 1. The summed E-state index contributed by atoms with van der Waals surface area (Å²) >= 11 is 7.66. The summed E-state index contributed by atoms with van der Waals surface area (Å²) in [6, 6.07) is 15.0. The topological polar surface area (TPSA) is 50.7 Å². The fraction of sp³-hybridized carbons (Fsp3) is 0.379. The van der Waals surface area contributed by atoms with Crippen LogP contribution in [0.1, 0.15) is 67.4 Å². The second-order valence-corrected chi connectivity index (χ2v) is 11.9. The molecule has 4 nitrogen and oxygen atoms in total. The van der Waals surface area contributed by atoms with E-state index >= 15 is 0 Å². The van der Waals surface area contributed by atoms with Crippen molar-refractivity contribution < 1.29 is 9.53 Å². The monoisotopic (exact) mass is 508 g/mol. The Morgan fingerprint density at radius 3 is 2.57 bits per heavy atom. The van der Waals surface area contributed by atoms with Crippen molar-refractivity contribution in [2.24, 2.45) is 16.3 Å². The highest BCUT2D eigenvalue weighted by atomic mass is 35.5. The van der Waals surface area contributed by atoms with E-state index in [1.54, 1.807) is 23.5 Å². The van der Waals surface area contributed by atoms with Crippen LogP contribution in [-0.4, -0.2) is 18.2 Å². The third-order valence-corrected chi connectivity index (χ3v) is 7.82. The molecule has 4 rings (SSSR count). The predicted octanol–water partition coefficient (Wildman–Crippen LogP) is 8.34. The summed E-state index contributed by atoms with van der Waals surface area (Å²) < 4.78 is 5.95. The molecular weight excluding hydrogens is 476 g/mol. The van der Waals surface area contributed by atoms with E-state index in [1.165, 1.54) is 4.88 Å². The summed E-state index contributed by atoms with van der Waals surface area (Å²) in [7, 11) is 0. The summed E-state index contributed by atoms with van der Waals surface area (Å²) in [6.07, 6.45) is 4.82. The molecule has 1 heterocycles. The minimum absolute atomic E-state index is 0.0636. The molecule has 0 saturated heterocycles. The lowest BCUT2D eigenvalue weighted by molar-refractivity contribution is 0.102. The number of anilines is 1. The molecule has 0 fully saturated rings. The number of aliphatic imine (C=N–C) groups is 1. The zero-order valence-corrected chi connectivity index (χ0v) is 22.6. The molecule has 6 heteroatoms. The van der Waals surface area contributed by atoms with Gasteiger partial charge in [0, 0.05) is 27.4 Å². The van der Waals surface area contributed by atoms with E-state index in [4.69, 9.17) is 21.3 Å². The number of benzene rings is 2. The first kappa shape index (κ1) is 25.5. The summed E-state index contributed by atoms with van der Waals surface area (Å²) in [5, 5.41) is 4.43. The quantitative estimate of drug-likeness (QED) is 0.340. The molecule has 0 aliphatic heterocycles. The number of ether oxygens (including phenoxy) is 1.